The van der Waals surface area contributed by atoms with Gasteiger partial charge in [0.25, 0.3) is 0 Å². The van der Waals surface area contributed by atoms with E-state index in [1.807, 2.05) is 30.3 Å². The molecule has 0 unspecified atom stereocenters. The number of hydrogen-bond acceptors (Lipinski definition) is 3. The van der Waals surface area contributed by atoms with Crippen LogP contribution in [-0.2, 0) is 20.9 Å². The summed E-state index contributed by atoms with van der Waals surface area (Å²) in [6.45, 7) is 2.34. The molecule has 0 saturated carbocycles. The number of alkyl halides is 1. The van der Waals surface area contributed by atoms with Crippen molar-refractivity contribution in [2.45, 2.75) is 25.8 Å². The Morgan fingerprint density at radius 1 is 1.35 bits per heavy atom. The topological polar surface area (TPSA) is 35.5 Å². The summed E-state index contributed by atoms with van der Waals surface area (Å²) in [4.78, 5) is 11.0. The molecule has 1 aliphatic heterocycles. The first-order chi connectivity index (χ1) is 8.18. The Hall–Kier alpha value is -1.42. The van der Waals surface area contributed by atoms with Crippen molar-refractivity contribution in [3.63, 3.8) is 0 Å². The SMILES string of the molecule is C[C@@H]1[C@@H](COCc2ccccc2)OC(=O)[C@@H]1F. The van der Waals surface area contributed by atoms with Gasteiger partial charge in [-0.15, -0.1) is 0 Å². The van der Waals surface area contributed by atoms with Crippen molar-refractivity contribution in [1.82, 2.24) is 0 Å². The van der Waals surface area contributed by atoms with E-state index in [1.165, 1.54) is 0 Å². The number of cyclic esters (lactones) is 1. The van der Waals surface area contributed by atoms with E-state index in [0.717, 1.165) is 5.56 Å². The van der Waals surface area contributed by atoms with Crippen LogP contribution in [0.25, 0.3) is 0 Å². The fourth-order valence-electron chi connectivity index (χ4n) is 1.78. The standard InChI is InChI=1S/C13H15FO3/c1-9-11(17-13(15)12(9)14)8-16-7-10-5-3-2-4-6-10/h2-6,9,11-12H,7-8H2,1H3/t9-,11-,12-/m1/s1. The number of esters is 1. The first kappa shape index (κ1) is 12.0. The molecule has 1 fully saturated rings. The number of carbonyl (C=O) groups excluding carboxylic acids is 1. The molecule has 1 aromatic carbocycles. The number of hydrogen-bond donors (Lipinski definition) is 0. The molecule has 3 nitrogen and oxygen atoms in total. The van der Waals surface area contributed by atoms with Gasteiger partial charge < -0.3 is 9.47 Å². The number of rotatable bonds is 4. The van der Waals surface area contributed by atoms with Gasteiger partial charge in [-0.3, -0.25) is 0 Å². The lowest BCUT2D eigenvalue weighted by atomic mass is 10.0. The van der Waals surface area contributed by atoms with Crippen molar-refractivity contribution in [2.24, 2.45) is 5.92 Å². The van der Waals surface area contributed by atoms with Gasteiger partial charge in [0.1, 0.15) is 6.10 Å². The van der Waals surface area contributed by atoms with Crippen LogP contribution in [0.2, 0.25) is 0 Å². The van der Waals surface area contributed by atoms with E-state index in [1.54, 1.807) is 6.92 Å². The molecule has 0 radical (unpaired) electrons. The number of carbonyl (C=O) groups is 1. The highest BCUT2D eigenvalue weighted by Crippen LogP contribution is 2.25. The van der Waals surface area contributed by atoms with Gasteiger partial charge in [-0.25, -0.2) is 9.18 Å². The minimum atomic E-state index is -1.51. The highest BCUT2D eigenvalue weighted by Gasteiger charge is 2.42. The molecule has 3 atom stereocenters. The third kappa shape index (κ3) is 2.82. The first-order valence-corrected chi connectivity index (χ1v) is 5.64. The van der Waals surface area contributed by atoms with E-state index in [0.29, 0.717) is 6.61 Å². The van der Waals surface area contributed by atoms with Gasteiger partial charge in [0.15, 0.2) is 0 Å². The molecule has 0 bridgehead atoms. The normalized spacial score (nSPS) is 28.1. The van der Waals surface area contributed by atoms with E-state index in [4.69, 9.17) is 9.47 Å². The summed E-state index contributed by atoms with van der Waals surface area (Å²) >= 11 is 0. The molecule has 1 saturated heterocycles. The average molecular weight is 238 g/mol. The lowest BCUT2D eigenvalue weighted by Crippen LogP contribution is -2.23. The molecular formula is C13H15FO3. The second-order valence-corrected chi connectivity index (χ2v) is 4.24. The smallest absolute Gasteiger partial charge is 0.341 e. The van der Waals surface area contributed by atoms with Gasteiger partial charge in [-0.1, -0.05) is 37.3 Å². The predicted molar refractivity (Wildman–Crippen MR) is 60.0 cm³/mol. The van der Waals surface area contributed by atoms with Crippen LogP contribution < -0.4 is 0 Å². The summed E-state index contributed by atoms with van der Waals surface area (Å²) in [6, 6.07) is 9.67. The highest BCUT2D eigenvalue weighted by atomic mass is 19.1. The van der Waals surface area contributed by atoms with Gasteiger partial charge in [-0.05, 0) is 5.56 Å². The molecule has 0 spiro atoms. The largest absolute Gasteiger partial charge is 0.457 e. The minimum Gasteiger partial charge on any atom is -0.457 e. The van der Waals surface area contributed by atoms with Crippen molar-refractivity contribution in [3.05, 3.63) is 35.9 Å². The first-order valence-electron chi connectivity index (χ1n) is 5.64. The monoisotopic (exact) mass is 238 g/mol. The van der Waals surface area contributed by atoms with Crippen molar-refractivity contribution in [2.75, 3.05) is 6.61 Å². The van der Waals surface area contributed by atoms with Gasteiger partial charge >= 0.3 is 5.97 Å². The fourth-order valence-corrected chi connectivity index (χ4v) is 1.78. The maximum atomic E-state index is 13.2. The molecule has 2 rings (SSSR count). The molecular weight excluding hydrogens is 223 g/mol. The second-order valence-electron chi connectivity index (χ2n) is 4.24. The lowest BCUT2D eigenvalue weighted by Gasteiger charge is -2.14. The Labute approximate surface area is 99.5 Å². The summed E-state index contributed by atoms with van der Waals surface area (Å²) in [5.41, 5.74) is 1.04. The second kappa shape index (κ2) is 5.27. The Morgan fingerprint density at radius 2 is 2.06 bits per heavy atom. The fraction of sp³-hybridized carbons (Fsp3) is 0.462. The van der Waals surface area contributed by atoms with Gasteiger partial charge in [0.05, 0.1) is 13.2 Å². The van der Waals surface area contributed by atoms with E-state index >= 15 is 0 Å². The van der Waals surface area contributed by atoms with Crippen molar-refractivity contribution >= 4 is 5.97 Å². The molecule has 0 aromatic heterocycles. The summed E-state index contributed by atoms with van der Waals surface area (Å²) in [5.74, 6) is -1.20. The van der Waals surface area contributed by atoms with Crippen molar-refractivity contribution < 1.29 is 18.7 Å². The predicted octanol–water partition coefficient (Wildman–Crippen LogP) is 2.10. The van der Waals surface area contributed by atoms with Gasteiger partial charge in [-0.2, -0.15) is 0 Å². The summed E-state index contributed by atoms with van der Waals surface area (Å²) in [6.07, 6.45) is -1.98. The van der Waals surface area contributed by atoms with Crippen LogP contribution in [0, 0.1) is 5.92 Å². The Balaban J connectivity index is 1.78. The van der Waals surface area contributed by atoms with Crippen molar-refractivity contribution in [3.8, 4) is 0 Å². The molecule has 0 N–H and O–H groups in total. The third-order valence-corrected chi connectivity index (χ3v) is 2.93. The van der Waals surface area contributed by atoms with E-state index < -0.39 is 24.2 Å². The lowest BCUT2D eigenvalue weighted by molar-refractivity contribution is -0.146. The zero-order valence-corrected chi connectivity index (χ0v) is 9.64. The number of ether oxygens (including phenoxy) is 2. The number of halogens is 1. The third-order valence-electron chi connectivity index (χ3n) is 2.93. The maximum absolute atomic E-state index is 13.2. The van der Waals surface area contributed by atoms with Crippen LogP contribution in [0.3, 0.4) is 0 Å². The zero-order valence-electron chi connectivity index (χ0n) is 9.64. The minimum absolute atomic E-state index is 0.238. The Morgan fingerprint density at radius 3 is 2.65 bits per heavy atom. The Kier molecular flexibility index (Phi) is 3.74. The summed E-state index contributed by atoms with van der Waals surface area (Å²) in [7, 11) is 0. The van der Waals surface area contributed by atoms with Crippen LogP contribution in [0.5, 0.6) is 0 Å². The van der Waals surface area contributed by atoms with E-state index in [2.05, 4.69) is 0 Å². The average Bonchev–Trinajstić information content (AvgIpc) is 2.59. The summed E-state index contributed by atoms with van der Waals surface area (Å²) in [5, 5.41) is 0. The van der Waals surface area contributed by atoms with Crippen LogP contribution in [0.1, 0.15) is 12.5 Å². The Bertz CT molecular complexity index is 380. The molecule has 1 heterocycles. The molecule has 4 heteroatoms. The summed E-state index contributed by atoms with van der Waals surface area (Å²) < 4.78 is 23.5. The van der Waals surface area contributed by atoms with Crippen LogP contribution in [-0.4, -0.2) is 24.9 Å². The van der Waals surface area contributed by atoms with Gasteiger partial charge in [0, 0.05) is 5.92 Å². The van der Waals surface area contributed by atoms with Crippen LogP contribution >= 0.6 is 0 Å². The molecule has 17 heavy (non-hydrogen) atoms. The van der Waals surface area contributed by atoms with Gasteiger partial charge in [0.2, 0.25) is 6.17 Å². The molecule has 92 valence electrons. The van der Waals surface area contributed by atoms with E-state index in [9.17, 15) is 9.18 Å². The van der Waals surface area contributed by atoms with Crippen LogP contribution in [0.4, 0.5) is 4.39 Å². The highest BCUT2D eigenvalue weighted by molar-refractivity contribution is 5.77. The number of benzene rings is 1. The molecule has 1 aliphatic rings. The molecule has 0 aliphatic carbocycles. The molecule has 0 amide bonds. The van der Waals surface area contributed by atoms with E-state index in [-0.39, 0.29) is 6.61 Å². The van der Waals surface area contributed by atoms with Crippen LogP contribution in [0.15, 0.2) is 30.3 Å². The maximum Gasteiger partial charge on any atom is 0.341 e. The van der Waals surface area contributed by atoms with Crippen molar-refractivity contribution in [1.29, 1.82) is 0 Å². The zero-order chi connectivity index (χ0) is 12.3. The quantitative estimate of drug-likeness (QED) is 0.753. The molecule has 1 aromatic rings.